The van der Waals surface area contributed by atoms with E-state index in [1.54, 1.807) is 28.8 Å². The summed E-state index contributed by atoms with van der Waals surface area (Å²) in [5.74, 6) is -0.218. The van der Waals surface area contributed by atoms with Crippen LogP contribution < -0.4 is 5.32 Å². The lowest BCUT2D eigenvalue weighted by molar-refractivity contribution is 0.102. The molecule has 0 radical (unpaired) electrons. The summed E-state index contributed by atoms with van der Waals surface area (Å²) < 4.78 is 33.4. The van der Waals surface area contributed by atoms with Gasteiger partial charge in [-0.05, 0) is 49.2 Å². The Balaban J connectivity index is 1.46. The van der Waals surface area contributed by atoms with Crippen LogP contribution in [0.25, 0.3) is 11.5 Å². The van der Waals surface area contributed by atoms with E-state index in [1.165, 1.54) is 24.3 Å². The molecule has 32 heavy (non-hydrogen) atoms. The number of hydrogen-bond acceptors (Lipinski definition) is 7. The highest BCUT2D eigenvalue weighted by atomic mass is 32.2. The molecule has 1 aromatic carbocycles. The molecular formula is C22H25N5O4S. The largest absolute Gasteiger partial charge is 0.403 e. The number of sulfonamides is 1. The minimum absolute atomic E-state index is 0.0360. The van der Waals surface area contributed by atoms with Crippen LogP contribution in [-0.4, -0.2) is 46.4 Å². The van der Waals surface area contributed by atoms with E-state index in [9.17, 15) is 13.2 Å². The summed E-state index contributed by atoms with van der Waals surface area (Å²) >= 11 is 0. The summed E-state index contributed by atoms with van der Waals surface area (Å²) in [6.45, 7) is 2.28. The summed E-state index contributed by atoms with van der Waals surface area (Å²) in [5.41, 5.74) is 0.967. The summed E-state index contributed by atoms with van der Waals surface area (Å²) in [6.07, 6.45) is 8.23. The predicted molar refractivity (Wildman–Crippen MR) is 118 cm³/mol. The molecule has 3 aromatic rings. The first-order valence-electron chi connectivity index (χ1n) is 10.7. The molecule has 0 unspecified atom stereocenters. The maximum Gasteiger partial charge on any atom is 0.322 e. The standard InChI is InChI=1S/C22H25N5O4S/c1-2-27(18-6-4-3-5-7-18)32(29,30)19-10-8-16(9-11-19)20(28)24-22-26-25-21(31-22)17-12-14-23-15-13-17/h8-15,18H,2-7H2,1H3,(H,24,26,28). The summed E-state index contributed by atoms with van der Waals surface area (Å²) in [5, 5.41) is 10.3. The highest BCUT2D eigenvalue weighted by Gasteiger charge is 2.31. The molecule has 2 heterocycles. The first-order valence-corrected chi connectivity index (χ1v) is 12.1. The van der Waals surface area contributed by atoms with Crippen molar-refractivity contribution in [1.82, 2.24) is 19.5 Å². The van der Waals surface area contributed by atoms with Crippen LogP contribution in [0.3, 0.4) is 0 Å². The Morgan fingerprint density at radius 2 is 1.75 bits per heavy atom. The minimum atomic E-state index is -3.62. The third-order valence-electron chi connectivity index (χ3n) is 5.59. The minimum Gasteiger partial charge on any atom is -0.403 e. The van der Waals surface area contributed by atoms with Gasteiger partial charge in [0.1, 0.15) is 0 Å². The quantitative estimate of drug-likeness (QED) is 0.577. The topological polar surface area (TPSA) is 118 Å². The van der Waals surface area contributed by atoms with Gasteiger partial charge in [-0.25, -0.2) is 8.42 Å². The number of benzene rings is 1. The fourth-order valence-electron chi connectivity index (χ4n) is 3.96. The van der Waals surface area contributed by atoms with E-state index >= 15 is 0 Å². The van der Waals surface area contributed by atoms with Gasteiger partial charge in [0.15, 0.2) is 0 Å². The molecule has 1 aliphatic carbocycles. The molecule has 168 valence electrons. The van der Waals surface area contributed by atoms with Gasteiger partial charge in [-0.2, -0.15) is 4.31 Å². The monoisotopic (exact) mass is 455 g/mol. The Labute approximate surface area is 186 Å². The lowest BCUT2D eigenvalue weighted by atomic mass is 9.95. The van der Waals surface area contributed by atoms with E-state index in [2.05, 4.69) is 20.5 Å². The van der Waals surface area contributed by atoms with Crippen molar-refractivity contribution in [3.05, 3.63) is 54.4 Å². The smallest absolute Gasteiger partial charge is 0.322 e. The first-order chi connectivity index (χ1) is 15.5. The molecule has 0 atom stereocenters. The predicted octanol–water partition coefficient (Wildman–Crippen LogP) is 3.73. The third-order valence-corrected chi connectivity index (χ3v) is 7.63. The van der Waals surface area contributed by atoms with E-state index in [-0.39, 0.29) is 28.4 Å². The third kappa shape index (κ3) is 4.71. The van der Waals surface area contributed by atoms with Crippen molar-refractivity contribution in [2.45, 2.75) is 50.0 Å². The molecule has 9 nitrogen and oxygen atoms in total. The average Bonchev–Trinajstić information content (AvgIpc) is 3.29. The SMILES string of the molecule is CCN(C1CCCCC1)S(=O)(=O)c1ccc(C(=O)Nc2nnc(-c3ccncc3)o2)cc1. The number of aromatic nitrogens is 3. The molecule has 2 aromatic heterocycles. The molecule has 1 fully saturated rings. The zero-order chi connectivity index (χ0) is 22.6. The number of nitrogens with zero attached hydrogens (tertiary/aromatic N) is 4. The summed E-state index contributed by atoms with van der Waals surface area (Å²) in [4.78, 5) is 16.7. The van der Waals surface area contributed by atoms with Crippen LogP contribution in [0.4, 0.5) is 6.01 Å². The maximum atomic E-state index is 13.2. The number of amides is 1. The molecule has 0 spiro atoms. The average molecular weight is 456 g/mol. The Bertz CT molecular complexity index is 1160. The van der Waals surface area contributed by atoms with Gasteiger partial charge >= 0.3 is 6.01 Å². The summed E-state index contributed by atoms with van der Waals surface area (Å²) in [7, 11) is -3.62. The van der Waals surface area contributed by atoms with Crippen molar-refractivity contribution in [2.75, 3.05) is 11.9 Å². The van der Waals surface area contributed by atoms with Crippen LogP contribution in [0.1, 0.15) is 49.4 Å². The van der Waals surface area contributed by atoms with Gasteiger partial charge in [-0.15, -0.1) is 5.10 Å². The number of carbonyl (C=O) groups excluding carboxylic acids is 1. The zero-order valence-corrected chi connectivity index (χ0v) is 18.6. The normalized spacial score (nSPS) is 15.1. The second kappa shape index (κ2) is 9.58. The molecular weight excluding hydrogens is 430 g/mol. The fraction of sp³-hybridized carbons (Fsp3) is 0.364. The Kier molecular flexibility index (Phi) is 6.61. The molecule has 0 bridgehead atoms. The fourth-order valence-corrected chi connectivity index (χ4v) is 5.66. The van der Waals surface area contributed by atoms with Crippen LogP contribution in [-0.2, 0) is 10.0 Å². The van der Waals surface area contributed by atoms with Crippen molar-refractivity contribution >= 4 is 21.9 Å². The Morgan fingerprint density at radius 3 is 2.41 bits per heavy atom. The van der Waals surface area contributed by atoms with Gasteiger partial charge in [-0.3, -0.25) is 15.1 Å². The maximum absolute atomic E-state index is 13.2. The number of anilines is 1. The van der Waals surface area contributed by atoms with Crippen LogP contribution in [0, 0.1) is 0 Å². The van der Waals surface area contributed by atoms with Gasteiger partial charge in [0.05, 0.1) is 4.90 Å². The van der Waals surface area contributed by atoms with Crippen molar-refractivity contribution in [3.8, 4) is 11.5 Å². The Morgan fingerprint density at radius 1 is 1.06 bits per heavy atom. The molecule has 1 saturated carbocycles. The highest BCUT2D eigenvalue weighted by Crippen LogP contribution is 2.28. The van der Waals surface area contributed by atoms with Crippen LogP contribution in [0.15, 0.2) is 58.1 Å². The second-order valence-electron chi connectivity index (χ2n) is 7.63. The second-order valence-corrected chi connectivity index (χ2v) is 9.52. The lowest BCUT2D eigenvalue weighted by Gasteiger charge is -2.32. The van der Waals surface area contributed by atoms with E-state index in [0.29, 0.717) is 12.1 Å². The van der Waals surface area contributed by atoms with E-state index in [1.807, 2.05) is 6.92 Å². The van der Waals surface area contributed by atoms with Gasteiger partial charge in [0.25, 0.3) is 5.91 Å². The van der Waals surface area contributed by atoms with Crippen LogP contribution in [0.2, 0.25) is 0 Å². The number of rotatable bonds is 7. The molecule has 1 aliphatic rings. The molecule has 0 saturated heterocycles. The number of pyridine rings is 1. The molecule has 0 aliphatic heterocycles. The van der Waals surface area contributed by atoms with Crippen molar-refractivity contribution < 1.29 is 17.6 Å². The van der Waals surface area contributed by atoms with E-state index in [0.717, 1.165) is 32.1 Å². The molecule has 1 amide bonds. The molecule has 4 rings (SSSR count). The number of nitrogens with one attached hydrogen (secondary N) is 1. The van der Waals surface area contributed by atoms with Crippen molar-refractivity contribution in [1.29, 1.82) is 0 Å². The zero-order valence-electron chi connectivity index (χ0n) is 17.8. The lowest BCUT2D eigenvalue weighted by Crippen LogP contribution is -2.41. The van der Waals surface area contributed by atoms with Gasteiger partial charge < -0.3 is 4.42 Å². The van der Waals surface area contributed by atoms with Gasteiger partial charge in [0, 0.05) is 36.1 Å². The highest BCUT2D eigenvalue weighted by molar-refractivity contribution is 7.89. The van der Waals surface area contributed by atoms with E-state index < -0.39 is 15.9 Å². The van der Waals surface area contributed by atoms with E-state index in [4.69, 9.17) is 4.42 Å². The number of hydrogen-bond donors (Lipinski definition) is 1. The van der Waals surface area contributed by atoms with Crippen molar-refractivity contribution in [3.63, 3.8) is 0 Å². The van der Waals surface area contributed by atoms with Gasteiger partial charge in [0.2, 0.25) is 15.9 Å². The molecule has 10 heteroatoms. The van der Waals surface area contributed by atoms with Crippen LogP contribution >= 0.6 is 0 Å². The van der Waals surface area contributed by atoms with Crippen molar-refractivity contribution in [2.24, 2.45) is 0 Å². The first kappa shape index (κ1) is 22.1. The Hall–Kier alpha value is -3.11. The summed E-state index contributed by atoms with van der Waals surface area (Å²) in [6, 6.07) is 9.31. The number of carbonyl (C=O) groups is 1. The van der Waals surface area contributed by atoms with Gasteiger partial charge in [-0.1, -0.05) is 31.3 Å². The molecule has 1 N–H and O–H groups in total. The van der Waals surface area contributed by atoms with Crippen LogP contribution in [0.5, 0.6) is 0 Å².